The molecule has 0 fully saturated rings. The van der Waals surface area contributed by atoms with E-state index in [4.69, 9.17) is 11.6 Å². The quantitative estimate of drug-likeness (QED) is 0.639. The SMILES string of the molecule is CCB(CC)C(C)c1ccc(Cl)cc1. The Balaban J connectivity index is 2.77. The fraction of sp³-hybridized carbons (Fsp3) is 0.500. The van der Waals surface area contributed by atoms with Gasteiger partial charge in [0.05, 0.1) is 0 Å². The monoisotopic (exact) mass is 208 g/mol. The molecule has 1 atom stereocenters. The van der Waals surface area contributed by atoms with Crippen molar-refractivity contribution in [3.63, 3.8) is 0 Å². The van der Waals surface area contributed by atoms with E-state index in [1.54, 1.807) is 0 Å². The summed E-state index contributed by atoms with van der Waals surface area (Å²) in [6.45, 7) is 7.62. The highest BCUT2D eigenvalue weighted by atomic mass is 35.5. The van der Waals surface area contributed by atoms with Gasteiger partial charge < -0.3 is 0 Å². The topological polar surface area (TPSA) is 0 Å². The summed E-state index contributed by atoms with van der Waals surface area (Å²) in [6.07, 6.45) is 2.50. The van der Waals surface area contributed by atoms with Gasteiger partial charge in [0.1, 0.15) is 6.71 Å². The first-order chi connectivity index (χ1) is 6.69. The molecule has 2 heteroatoms. The Kier molecular flexibility index (Phi) is 4.54. The van der Waals surface area contributed by atoms with Gasteiger partial charge in [0, 0.05) is 5.02 Å². The van der Waals surface area contributed by atoms with Crippen molar-refractivity contribution in [1.29, 1.82) is 0 Å². The van der Waals surface area contributed by atoms with Crippen LogP contribution in [0.2, 0.25) is 17.7 Å². The summed E-state index contributed by atoms with van der Waals surface area (Å²) in [5, 5.41) is 0.825. The van der Waals surface area contributed by atoms with Crippen LogP contribution in [0, 0.1) is 0 Å². The number of hydrogen-bond donors (Lipinski definition) is 0. The Hall–Kier alpha value is -0.425. The van der Waals surface area contributed by atoms with Crippen molar-refractivity contribution < 1.29 is 0 Å². The van der Waals surface area contributed by atoms with Crippen LogP contribution < -0.4 is 0 Å². The van der Waals surface area contributed by atoms with Crippen LogP contribution in [0.3, 0.4) is 0 Å². The molecule has 0 amide bonds. The highest BCUT2D eigenvalue weighted by Crippen LogP contribution is 2.23. The molecule has 76 valence electrons. The fourth-order valence-electron chi connectivity index (χ4n) is 2.03. The maximum absolute atomic E-state index is 5.86. The normalized spacial score (nSPS) is 12.6. The zero-order chi connectivity index (χ0) is 10.6. The van der Waals surface area contributed by atoms with Gasteiger partial charge in [0.15, 0.2) is 0 Å². The van der Waals surface area contributed by atoms with Gasteiger partial charge in [-0.15, -0.1) is 0 Å². The molecule has 0 aromatic heterocycles. The number of rotatable bonds is 4. The minimum atomic E-state index is 0.641. The summed E-state index contributed by atoms with van der Waals surface area (Å²) in [5.41, 5.74) is 1.41. The maximum Gasteiger partial charge on any atom is 0.147 e. The van der Waals surface area contributed by atoms with Gasteiger partial charge in [-0.3, -0.25) is 0 Å². The Morgan fingerprint density at radius 2 is 1.64 bits per heavy atom. The van der Waals surface area contributed by atoms with Crippen LogP contribution in [0.1, 0.15) is 32.2 Å². The molecule has 0 bridgehead atoms. The van der Waals surface area contributed by atoms with Gasteiger partial charge in [-0.25, -0.2) is 0 Å². The first kappa shape index (κ1) is 11.6. The molecule has 1 unspecified atom stereocenters. The molecular formula is C12H18BCl. The zero-order valence-electron chi connectivity index (χ0n) is 9.26. The zero-order valence-corrected chi connectivity index (χ0v) is 10.0. The third-order valence-corrected chi connectivity index (χ3v) is 3.40. The van der Waals surface area contributed by atoms with E-state index in [-0.39, 0.29) is 0 Å². The molecule has 0 nitrogen and oxygen atoms in total. The lowest BCUT2D eigenvalue weighted by Crippen LogP contribution is -2.18. The molecular weight excluding hydrogens is 190 g/mol. The van der Waals surface area contributed by atoms with Gasteiger partial charge in [0.2, 0.25) is 0 Å². The molecule has 1 rings (SSSR count). The van der Waals surface area contributed by atoms with E-state index < -0.39 is 0 Å². The summed E-state index contributed by atoms with van der Waals surface area (Å²) in [7, 11) is 0. The van der Waals surface area contributed by atoms with Crippen molar-refractivity contribution >= 4 is 18.3 Å². The number of hydrogen-bond acceptors (Lipinski definition) is 0. The molecule has 0 aliphatic rings. The average molecular weight is 209 g/mol. The van der Waals surface area contributed by atoms with Crippen LogP contribution in [-0.4, -0.2) is 6.71 Å². The first-order valence-electron chi connectivity index (χ1n) is 5.44. The predicted octanol–water partition coefficient (Wildman–Crippen LogP) is 4.52. The van der Waals surface area contributed by atoms with Gasteiger partial charge in [-0.05, 0) is 17.9 Å². The summed E-state index contributed by atoms with van der Waals surface area (Å²) in [6, 6.07) is 8.25. The van der Waals surface area contributed by atoms with E-state index in [1.807, 2.05) is 12.1 Å². The predicted molar refractivity (Wildman–Crippen MR) is 66.6 cm³/mol. The van der Waals surface area contributed by atoms with Gasteiger partial charge in [-0.2, -0.15) is 0 Å². The highest BCUT2D eigenvalue weighted by molar-refractivity contribution is 6.60. The third-order valence-electron chi connectivity index (χ3n) is 3.15. The Labute approximate surface area is 92.7 Å². The van der Waals surface area contributed by atoms with Gasteiger partial charge in [-0.1, -0.05) is 62.7 Å². The van der Waals surface area contributed by atoms with Crippen LogP contribution in [-0.2, 0) is 0 Å². The molecule has 1 aromatic rings. The molecule has 0 aliphatic carbocycles. The number of benzene rings is 1. The lowest BCUT2D eigenvalue weighted by Gasteiger charge is -2.18. The van der Waals surface area contributed by atoms with Crippen molar-refractivity contribution in [1.82, 2.24) is 0 Å². The van der Waals surface area contributed by atoms with Crippen molar-refractivity contribution in [2.24, 2.45) is 0 Å². The van der Waals surface area contributed by atoms with Crippen LogP contribution in [0.4, 0.5) is 0 Å². The standard InChI is InChI=1S/C12H18BCl/c1-4-13(5-2)10(3)11-6-8-12(14)9-7-11/h6-10H,4-5H2,1-3H3. The van der Waals surface area contributed by atoms with Crippen molar-refractivity contribution in [3.8, 4) is 0 Å². The van der Waals surface area contributed by atoms with Crippen LogP contribution in [0.25, 0.3) is 0 Å². The molecule has 0 saturated carbocycles. The lowest BCUT2D eigenvalue weighted by atomic mass is 9.37. The summed E-state index contributed by atoms with van der Waals surface area (Å²) in [5.74, 6) is 0.641. The Morgan fingerprint density at radius 3 is 2.07 bits per heavy atom. The average Bonchev–Trinajstić information content (AvgIpc) is 2.20. The minimum absolute atomic E-state index is 0.641. The molecule has 0 aliphatic heterocycles. The van der Waals surface area contributed by atoms with E-state index in [1.165, 1.54) is 18.2 Å². The molecule has 1 aromatic carbocycles. The minimum Gasteiger partial charge on any atom is -0.0843 e. The van der Waals surface area contributed by atoms with E-state index >= 15 is 0 Å². The summed E-state index contributed by atoms with van der Waals surface area (Å²) < 4.78 is 0. The number of halogens is 1. The second-order valence-corrected chi connectivity index (χ2v) is 4.35. The molecule has 0 N–H and O–H groups in total. The molecule has 0 radical (unpaired) electrons. The van der Waals surface area contributed by atoms with E-state index in [0.29, 0.717) is 5.82 Å². The second kappa shape index (κ2) is 5.45. The Morgan fingerprint density at radius 1 is 1.14 bits per heavy atom. The molecule has 0 spiro atoms. The second-order valence-electron chi connectivity index (χ2n) is 3.92. The molecule has 0 heterocycles. The van der Waals surface area contributed by atoms with Crippen molar-refractivity contribution in [3.05, 3.63) is 34.9 Å². The van der Waals surface area contributed by atoms with Crippen LogP contribution in [0.15, 0.2) is 24.3 Å². The van der Waals surface area contributed by atoms with E-state index in [9.17, 15) is 0 Å². The fourth-order valence-corrected chi connectivity index (χ4v) is 2.16. The smallest absolute Gasteiger partial charge is 0.0843 e. The largest absolute Gasteiger partial charge is 0.147 e. The Bertz CT molecular complexity index is 264. The van der Waals surface area contributed by atoms with Gasteiger partial charge in [0.25, 0.3) is 0 Å². The van der Waals surface area contributed by atoms with Crippen molar-refractivity contribution in [2.75, 3.05) is 0 Å². The van der Waals surface area contributed by atoms with E-state index in [2.05, 4.69) is 32.9 Å². The lowest BCUT2D eigenvalue weighted by molar-refractivity contribution is 1.01. The van der Waals surface area contributed by atoms with Gasteiger partial charge >= 0.3 is 0 Å². The maximum atomic E-state index is 5.86. The highest BCUT2D eigenvalue weighted by Gasteiger charge is 2.18. The van der Waals surface area contributed by atoms with E-state index in [0.717, 1.165) is 11.7 Å². The molecule has 0 saturated heterocycles. The molecule has 14 heavy (non-hydrogen) atoms. The first-order valence-corrected chi connectivity index (χ1v) is 5.82. The summed E-state index contributed by atoms with van der Waals surface area (Å²) >= 11 is 5.86. The third kappa shape index (κ3) is 2.78. The van der Waals surface area contributed by atoms with Crippen LogP contribution >= 0.6 is 11.6 Å². The van der Waals surface area contributed by atoms with Crippen molar-refractivity contribution in [2.45, 2.75) is 39.2 Å². The summed E-state index contributed by atoms with van der Waals surface area (Å²) in [4.78, 5) is 0. The van der Waals surface area contributed by atoms with Crippen LogP contribution in [0.5, 0.6) is 0 Å².